The van der Waals surface area contributed by atoms with Gasteiger partial charge in [0.25, 0.3) is 0 Å². The fourth-order valence-corrected chi connectivity index (χ4v) is 5.04. The van der Waals surface area contributed by atoms with Gasteiger partial charge in [0.05, 0.1) is 19.0 Å². The first-order valence-electron chi connectivity index (χ1n) is 10.0. The van der Waals surface area contributed by atoms with Crippen molar-refractivity contribution in [3.05, 3.63) is 0 Å². The molecule has 0 aromatic heterocycles. The van der Waals surface area contributed by atoms with Crippen molar-refractivity contribution in [3.8, 4) is 0 Å². The van der Waals surface area contributed by atoms with Crippen LogP contribution in [0.1, 0.15) is 51.9 Å². The molecule has 152 valence electrons. The SMILES string of the molecule is CN=C(NCCS(=O)(=O)N1CCOCC1)NC(C)CCC1CCCCC1. The zero-order valence-corrected chi connectivity index (χ0v) is 17.2. The zero-order valence-electron chi connectivity index (χ0n) is 16.4. The molecule has 1 unspecified atom stereocenters. The van der Waals surface area contributed by atoms with E-state index < -0.39 is 10.0 Å². The molecule has 0 amide bonds. The number of nitrogens with one attached hydrogen (secondary N) is 2. The summed E-state index contributed by atoms with van der Waals surface area (Å²) in [7, 11) is -1.51. The molecule has 1 atom stereocenters. The van der Waals surface area contributed by atoms with Crippen LogP contribution < -0.4 is 10.6 Å². The molecule has 2 aliphatic rings. The Morgan fingerprint density at radius 1 is 1.23 bits per heavy atom. The monoisotopic (exact) mass is 388 g/mol. The summed E-state index contributed by atoms with van der Waals surface area (Å²) in [6.45, 7) is 4.39. The summed E-state index contributed by atoms with van der Waals surface area (Å²) in [5, 5.41) is 6.52. The van der Waals surface area contributed by atoms with Gasteiger partial charge in [0.1, 0.15) is 0 Å². The van der Waals surface area contributed by atoms with Crippen LogP contribution in [0.3, 0.4) is 0 Å². The first-order chi connectivity index (χ1) is 12.5. The van der Waals surface area contributed by atoms with E-state index in [4.69, 9.17) is 4.74 Å². The van der Waals surface area contributed by atoms with Gasteiger partial charge in [-0.05, 0) is 25.7 Å². The number of ether oxygens (including phenoxy) is 1. The summed E-state index contributed by atoms with van der Waals surface area (Å²) in [5.41, 5.74) is 0. The van der Waals surface area contributed by atoms with E-state index in [1.807, 2.05) is 0 Å². The summed E-state index contributed by atoms with van der Waals surface area (Å²) in [6, 6.07) is 0.332. The Morgan fingerprint density at radius 3 is 2.58 bits per heavy atom. The molecule has 1 heterocycles. The molecule has 8 heteroatoms. The Morgan fingerprint density at radius 2 is 1.92 bits per heavy atom. The van der Waals surface area contributed by atoms with Gasteiger partial charge in [-0.1, -0.05) is 32.1 Å². The van der Waals surface area contributed by atoms with Gasteiger partial charge in [0, 0.05) is 32.7 Å². The normalized spacial score (nSPS) is 22.2. The first kappa shape index (κ1) is 21.4. The maximum absolute atomic E-state index is 12.3. The fraction of sp³-hybridized carbons (Fsp3) is 0.944. The maximum Gasteiger partial charge on any atom is 0.215 e. The van der Waals surface area contributed by atoms with Gasteiger partial charge in [0.2, 0.25) is 10.0 Å². The number of rotatable bonds is 8. The Labute approximate surface area is 159 Å². The number of sulfonamides is 1. The van der Waals surface area contributed by atoms with E-state index in [9.17, 15) is 8.42 Å². The second-order valence-corrected chi connectivity index (χ2v) is 9.54. The molecule has 7 nitrogen and oxygen atoms in total. The fourth-order valence-electron chi connectivity index (χ4n) is 3.71. The molecule has 0 bridgehead atoms. The van der Waals surface area contributed by atoms with Crippen LogP contribution in [0, 0.1) is 5.92 Å². The van der Waals surface area contributed by atoms with Gasteiger partial charge in [0.15, 0.2) is 5.96 Å². The lowest BCUT2D eigenvalue weighted by Gasteiger charge is -2.26. The number of hydrogen-bond donors (Lipinski definition) is 2. The molecule has 1 aliphatic heterocycles. The summed E-state index contributed by atoms with van der Waals surface area (Å²) in [6.07, 6.45) is 9.29. The Bertz CT molecular complexity index is 527. The van der Waals surface area contributed by atoms with Crippen LogP contribution in [-0.4, -0.2) is 70.4 Å². The van der Waals surface area contributed by atoms with Crippen LogP contribution in [0.15, 0.2) is 4.99 Å². The van der Waals surface area contributed by atoms with E-state index in [1.54, 1.807) is 7.05 Å². The van der Waals surface area contributed by atoms with Crippen LogP contribution in [0.5, 0.6) is 0 Å². The van der Waals surface area contributed by atoms with Crippen LogP contribution in [-0.2, 0) is 14.8 Å². The van der Waals surface area contributed by atoms with Gasteiger partial charge in [-0.3, -0.25) is 4.99 Å². The third-order valence-electron chi connectivity index (χ3n) is 5.36. The Balaban J connectivity index is 1.66. The molecular formula is C18H36N4O3S. The molecule has 2 N–H and O–H groups in total. The molecule has 0 aromatic carbocycles. The van der Waals surface area contributed by atoms with Crippen molar-refractivity contribution in [3.63, 3.8) is 0 Å². The van der Waals surface area contributed by atoms with E-state index in [0.717, 1.165) is 12.3 Å². The number of morpholine rings is 1. The minimum Gasteiger partial charge on any atom is -0.379 e. The maximum atomic E-state index is 12.3. The van der Waals surface area contributed by atoms with Crippen LogP contribution >= 0.6 is 0 Å². The predicted octanol–water partition coefficient (Wildman–Crippen LogP) is 1.56. The molecule has 0 aromatic rings. The van der Waals surface area contributed by atoms with Crippen molar-refractivity contribution < 1.29 is 13.2 Å². The van der Waals surface area contributed by atoms with Gasteiger partial charge < -0.3 is 15.4 Å². The van der Waals surface area contributed by atoms with Crippen molar-refractivity contribution >= 4 is 16.0 Å². The highest BCUT2D eigenvalue weighted by Gasteiger charge is 2.24. The molecule has 2 fully saturated rings. The van der Waals surface area contributed by atoms with E-state index in [-0.39, 0.29) is 5.75 Å². The average molecular weight is 389 g/mol. The second-order valence-electron chi connectivity index (χ2n) is 7.45. The van der Waals surface area contributed by atoms with Crippen molar-refractivity contribution in [1.29, 1.82) is 0 Å². The highest BCUT2D eigenvalue weighted by molar-refractivity contribution is 7.89. The van der Waals surface area contributed by atoms with E-state index in [0.29, 0.717) is 44.8 Å². The lowest BCUT2D eigenvalue weighted by atomic mass is 9.85. The lowest BCUT2D eigenvalue weighted by Crippen LogP contribution is -2.46. The highest BCUT2D eigenvalue weighted by atomic mass is 32.2. The second kappa shape index (κ2) is 11.1. The number of hydrogen-bond acceptors (Lipinski definition) is 4. The van der Waals surface area contributed by atoms with E-state index >= 15 is 0 Å². The molecule has 0 radical (unpaired) electrons. The van der Waals surface area contributed by atoms with Gasteiger partial charge >= 0.3 is 0 Å². The quantitative estimate of drug-likeness (QED) is 0.487. The minimum atomic E-state index is -3.23. The summed E-state index contributed by atoms with van der Waals surface area (Å²) in [5.74, 6) is 1.63. The predicted molar refractivity (Wildman–Crippen MR) is 106 cm³/mol. The minimum absolute atomic E-state index is 0.0736. The molecule has 0 spiro atoms. The summed E-state index contributed by atoms with van der Waals surface area (Å²) < 4.78 is 31.4. The summed E-state index contributed by atoms with van der Waals surface area (Å²) in [4.78, 5) is 4.22. The standard InChI is InChI=1S/C18H36N4O3S/c1-16(8-9-17-6-4-3-5-7-17)21-18(19-2)20-10-15-26(23,24)22-11-13-25-14-12-22/h16-17H,3-15H2,1-2H3,(H2,19,20,21). The smallest absolute Gasteiger partial charge is 0.215 e. The summed E-state index contributed by atoms with van der Waals surface area (Å²) >= 11 is 0. The highest BCUT2D eigenvalue weighted by Crippen LogP contribution is 2.27. The molecule has 1 saturated carbocycles. The van der Waals surface area contributed by atoms with Gasteiger partial charge in [-0.25, -0.2) is 8.42 Å². The molecule has 1 saturated heterocycles. The molecule has 1 aliphatic carbocycles. The van der Waals surface area contributed by atoms with Crippen LogP contribution in [0.25, 0.3) is 0 Å². The first-order valence-corrected chi connectivity index (χ1v) is 11.6. The van der Waals surface area contributed by atoms with Crippen LogP contribution in [0.4, 0.5) is 0 Å². The van der Waals surface area contributed by atoms with Gasteiger partial charge in [-0.15, -0.1) is 0 Å². The van der Waals surface area contributed by atoms with Crippen molar-refractivity contribution in [2.45, 2.75) is 57.9 Å². The number of nitrogens with zero attached hydrogens (tertiary/aromatic N) is 2. The number of guanidine groups is 1. The van der Waals surface area contributed by atoms with Crippen molar-refractivity contribution in [1.82, 2.24) is 14.9 Å². The van der Waals surface area contributed by atoms with E-state index in [1.165, 1.54) is 42.8 Å². The molecule has 2 rings (SSSR count). The largest absolute Gasteiger partial charge is 0.379 e. The van der Waals surface area contributed by atoms with E-state index in [2.05, 4.69) is 22.5 Å². The average Bonchev–Trinajstić information content (AvgIpc) is 2.67. The lowest BCUT2D eigenvalue weighted by molar-refractivity contribution is 0.0730. The van der Waals surface area contributed by atoms with Crippen LogP contribution in [0.2, 0.25) is 0 Å². The Hall–Kier alpha value is -0.860. The zero-order chi connectivity index (χ0) is 18.8. The molecule has 26 heavy (non-hydrogen) atoms. The third kappa shape index (κ3) is 7.40. The number of aliphatic imine (C=N–C) groups is 1. The Kier molecular flexibility index (Phi) is 9.15. The third-order valence-corrected chi connectivity index (χ3v) is 7.23. The molecular weight excluding hydrogens is 352 g/mol. The van der Waals surface area contributed by atoms with Crippen molar-refractivity contribution in [2.75, 3.05) is 45.6 Å². The topological polar surface area (TPSA) is 83.0 Å². The van der Waals surface area contributed by atoms with Gasteiger partial charge in [-0.2, -0.15) is 4.31 Å². The van der Waals surface area contributed by atoms with Crippen molar-refractivity contribution in [2.24, 2.45) is 10.9 Å².